The Morgan fingerprint density at radius 3 is 2.27 bits per heavy atom. The van der Waals surface area contributed by atoms with Crippen molar-refractivity contribution in [3.8, 4) is 28.3 Å². The minimum absolute atomic E-state index is 0. The number of benzene rings is 5. The Balaban J connectivity index is 0.000000246. The first kappa shape index (κ1) is 32.3. The molecule has 7 heteroatoms. The molecule has 9 aromatic rings. The van der Waals surface area contributed by atoms with Gasteiger partial charge in [-0.2, -0.15) is 0 Å². The summed E-state index contributed by atoms with van der Waals surface area (Å²) in [5, 5.41) is 4.66. The molecule has 0 aliphatic carbocycles. The number of para-hydroxylation sites is 2. The van der Waals surface area contributed by atoms with Crippen LogP contribution < -0.4 is 5.19 Å². The number of imidazole rings is 1. The second-order valence-electron chi connectivity index (χ2n) is 12.8. The van der Waals surface area contributed by atoms with Gasteiger partial charge >= 0.3 is 0 Å². The Labute approximate surface area is 299 Å². The average Bonchev–Trinajstić information content (AvgIpc) is 3.69. The van der Waals surface area contributed by atoms with Crippen LogP contribution in [0.4, 0.5) is 0 Å². The molecule has 0 aliphatic rings. The summed E-state index contributed by atoms with van der Waals surface area (Å²) < 4.78 is 8.72. The molecule has 5 nitrogen and oxygen atoms in total. The Morgan fingerprint density at radius 2 is 1.49 bits per heavy atom. The summed E-state index contributed by atoms with van der Waals surface area (Å²) in [5.74, 6) is 0.772. The van der Waals surface area contributed by atoms with Gasteiger partial charge < -0.3 is 14.0 Å². The van der Waals surface area contributed by atoms with Crippen molar-refractivity contribution in [2.45, 2.75) is 19.6 Å². The Bertz CT molecular complexity index is 2500. The zero-order chi connectivity index (χ0) is 32.7. The molecular weight excluding hydrogens is 797 g/mol. The molecule has 49 heavy (non-hydrogen) atoms. The van der Waals surface area contributed by atoms with Crippen LogP contribution in [0.1, 0.15) is 0 Å². The van der Waals surface area contributed by atoms with Crippen molar-refractivity contribution in [3.05, 3.63) is 152 Å². The van der Waals surface area contributed by atoms with Gasteiger partial charge in [0.2, 0.25) is 0 Å². The van der Waals surface area contributed by atoms with Crippen molar-refractivity contribution in [3.63, 3.8) is 0 Å². The molecule has 0 amide bonds. The van der Waals surface area contributed by atoms with E-state index in [1.54, 1.807) is 6.20 Å². The van der Waals surface area contributed by atoms with Gasteiger partial charge in [-0.05, 0) is 42.1 Å². The van der Waals surface area contributed by atoms with E-state index in [1.165, 1.54) is 5.19 Å². The minimum Gasteiger partial charge on any atom is -0.501 e. The molecule has 0 unspecified atom stereocenters. The van der Waals surface area contributed by atoms with Gasteiger partial charge in [0.1, 0.15) is 5.58 Å². The number of pyridine rings is 2. The molecule has 4 heterocycles. The van der Waals surface area contributed by atoms with E-state index >= 15 is 0 Å². The minimum atomic E-state index is -1.47. The number of hydrogen-bond acceptors (Lipinski definition) is 4. The summed E-state index contributed by atoms with van der Waals surface area (Å²) in [4.78, 5) is 14.2. The number of rotatable bonds is 4. The first-order valence-corrected chi connectivity index (χ1v) is 19.5. The fourth-order valence-corrected chi connectivity index (χ4v) is 7.21. The first-order chi connectivity index (χ1) is 23.4. The number of furan rings is 1. The van der Waals surface area contributed by atoms with Gasteiger partial charge in [-0.1, -0.05) is 96.4 Å². The number of fused-ring (bicyclic) bond motifs is 5. The van der Waals surface area contributed by atoms with Gasteiger partial charge in [0, 0.05) is 42.8 Å². The van der Waals surface area contributed by atoms with Crippen LogP contribution in [0.25, 0.3) is 72.3 Å². The van der Waals surface area contributed by atoms with E-state index in [9.17, 15) is 0 Å². The average molecular weight is 829 g/mol. The molecule has 5 aromatic carbocycles. The van der Waals surface area contributed by atoms with E-state index in [1.807, 2.05) is 84.9 Å². The Hall–Kier alpha value is -5.20. The van der Waals surface area contributed by atoms with Crippen LogP contribution in [0.15, 0.2) is 144 Å². The van der Waals surface area contributed by atoms with E-state index < -0.39 is 8.07 Å². The van der Waals surface area contributed by atoms with E-state index in [2.05, 4.69) is 89.9 Å². The maximum absolute atomic E-state index is 6.56. The molecule has 0 aliphatic heterocycles. The topological polar surface area (TPSA) is 56.7 Å². The van der Waals surface area contributed by atoms with Gasteiger partial charge in [0.05, 0.1) is 30.5 Å². The Kier molecular flexibility index (Phi) is 8.82. The zero-order valence-corrected chi connectivity index (χ0v) is 30.7. The Morgan fingerprint density at radius 1 is 0.694 bits per heavy atom. The summed E-state index contributed by atoms with van der Waals surface area (Å²) in [6, 6.07) is 51.6. The van der Waals surface area contributed by atoms with Gasteiger partial charge in [0.25, 0.3) is 0 Å². The molecule has 0 atom stereocenters. The second kappa shape index (κ2) is 13.4. The fourth-order valence-electron chi connectivity index (χ4n) is 6.06. The third-order valence-electron chi connectivity index (χ3n) is 8.54. The summed E-state index contributed by atoms with van der Waals surface area (Å²) in [6.07, 6.45) is 1.79. The quantitative estimate of drug-likeness (QED) is 0.131. The van der Waals surface area contributed by atoms with Crippen molar-refractivity contribution in [2.75, 3.05) is 0 Å². The molecule has 4 aromatic heterocycles. The predicted molar refractivity (Wildman–Crippen MR) is 199 cm³/mol. The van der Waals surface area contributed by atoms with Crippen molar-refractivity contribution >= 4 is 57.3 Å². The summed E-state index contributed by atoms with van der Waals surface area (Å²) in [7, 11) is -1.47. The molecule has 0 bridgehead atoms. The molecule has 0 saturated heterocycles. The summed E-state index contributed by atoms with van der Waals surface area (Å²) >= 11 is 0. The number of nitrogens with zero attached hydrogens (tertiary/aromatic N) is 4. The van der Waals surface area contributed by atoms with Crippen molar-refractivity contribution < 1.29 is 24.5 Å². The van der Waals surface area contributed by atoms with Crippen LogP contribution in [-0.2, 0) is 20.1 Å². The standard InChI is InChI=1S/C31H24N3OSi.C11H8N.Ir/c1-36(2,3)22-16-17-23-24-13-9-14-25(29(24)35-28(23)19-22)31-33-30-27(34(31)21-11-5-4-6-12-21)18-20-10-7-8-15-26(20)32-30;1-2-6-10(7-3-1)11-8-4-5-9-12-11;/h4-13,15-19H,1-3H3;1-6,8-9H;/q2*-1;. The molecular formula is C42H32IrN4OSi-2. The maximum atomic E-state index is 6.56. The van der Waals surface area contributed by atoms with Gasteiger partial charge in [-0.15, -0.1) is 54.1 Å². The van der Waals surface area contributed by atoms with E-state index in [-0.39, 0.29) is 20.1 Å². The summed E-state index contributed by atoms with van der Waals surface area (Å²) in [6.45, 7) is 7.07. The smallest absolute Gasteiger partial charge is 0.168 e. The van der Waals surface area contributed by atoms with Crippen molar-refractivity contribution in [1.29, 1.82) is 0 Å². The van der Waals surface area contributed by atoms with Crippen LogP contribution in [-0.4, -0.2) is 27.6 Å². The fraction of sp³-hybridized carbons (Fsp3) is 0.0714. The van der Waals surface area contributed by atoms with Crippen LogP contribution in [0, 0.1) is 12.1 Å². The molecule has 0 N–H and O–H groups in total. The molecule has 0 fully saturated rings. The molecule has 0 saturated carbocycles. The molecule has 241 valence electrons. The third-order valence-corrected chi connectivity index (χ3v) is 10.6. The van der Waals surface area contributed by atoms with Crippen molar-refractivity contribution in [2.24, 2.45) is 0 Å². The predicted octanol–water partition coefficient (Wildman–Crippen LogP) is 10.0. The number of hydrogen-bond donors (Lipinski definition) is 0. The largest absolute Gasteiger partial charge is 0.501 e. The molecule has 0 spiro atoms. The SMILES string of the molecule is C[Si](C)(C)c1ccc2c(c1)oc1c(-c3nc4nc5ccccc5cc4n3-c3ccccc3)[c-]ccc12.[Ir].[c-]1ccccc1-c1ccccn1. The third kappa shape index (κ3) is 6.25. The van der Waals surface area contributed by atoms with E-state index in [0.717, 1.165) is 66.7 Å². The van der Waals surface area contributed by atoms with Crippen LogP contribution in [0.5, 0.6) is 0 Å². The summed E-state index contributed by atoms with van der Waals surface area (Å²) in [5.41, 5.74) is 8.18. The van der Waals surface area contributed by atoms with Crippen LogP contribution >= 0.6 is 0 Å². The van der Waals surface area contributed by atoms with Gasteiger partial charge in [-0.25, -0.2) is 4.98 Å². The van der Waals surface area contributed by atoms with Crippen molar-refractivity contribution in [1.82, 2.24) is 19.5 Å². The molecule has 1 radical (unpaired) electrons. The van der Waals surface area contributed by atoms with E-state index in [4.69, 9.17) is 14.4 Å². The second-order valence-corrected chi connectivity index (χ2v) is 17.9. The van der Waals surface area contributed by atoms with Gasteiger partial charge in [-0.3, -0.25) is 4.98 Å². The monoisotopic (exact) mass is 829 g/mol. The number of aromatic nitrogens is 4. The maximum Gasteiger partial charge on any atom is 0.168 e. The van der Waals surface area contributed by atoms with Crippen LogP contribution in [0.3, 0.4) is 0 Å². The normalized spacial score (nSPS) is 11.4. The molecule has 9 rings (SSSR count). The van der Waals surface area contributed by atoms with Gasteiger partial charge in [0.15, 0.2) is 5.65 Å². The van der Waals surface area contributed by atoms with E-state index in [0.29, 0.717) is 5.65 Å². The first-order valence-electron chi connectivity index (χ1n) is 16.0. The zero-order valence-electron chi connectivity index (χ0n) is 27.3. The van der Waals surface area contributed by atoms with Crippen LogP contribution in [0.2, 0.25) is 19.6 Å².